The molecule has 0 unspecified atom stereocenters. The van der Waals surface area contributed by atoms with E-state index >= 15 is 0 Å². The molecule has 82 valence electrons. The van der Waals surface area contributed by atoms with Crippen molar-refractivity contribution in [2.45, 2.75) is 20.3 Å². The van der Waals surface area contributed by atoms with Crippen molar-refractivity contribution < 1.29 is 4.79 Å². The lowest BCUT2D eigenvalue weighted by molar-refractivity contribution is -0.124. The smallest absolute Gasteiger partial charge is 0.231 e. The maximum atomic E-state index is 11.8. The van der Waals surface area contributed by atoms with Gasteiger partial charge in [-0.25, -0.2) is 4.98 Å². The Morgan fingerprint density at radius 3 is 2.80 bits per heavy atom. The normalized spacial score (nSPS) is 11.1. The van der Waals surface area contributed by atoms with Crippen LogP contribution in [0.3, 0.4) is 0 Å². The van der Waals surface area contributed by atoms with Gasteiger partial charge in [0.1, 0.15) is 5.82 Å². The second-order valence-corrected chi connectivity index (χ2v) is 4.09. The van der Waals surface area contributed by atoms with Crippen molar-refractivity contribution >= 4 is 11.7 Å². The van der Waals surface area contributed by atoms with E-state index in [-0.39, 0.29) is 5.91 Å². The summed E-state index contributed by atoms with van der Waals surface area (Å²) < 4.78 is 0. The highest BCUT2D eigenvalue weighted by Gasteiger charge is 2.26. The topological polar surface area (TPSA) is 68.0 Å². The van der Waals surface area contributed by atoms with E-state index in [9.17, 15) is 4.79 Å². The molecule has 0 aliphatic heterocycles. The number of nitrogens with zero attached hydrogens (tertiary/aromatic N) is 1. The minimum atomic E-state index is -0.452. The van der Waals surface area contributed by atoms with Gasteiger partial charge >= 0.3 is 0 Å². The Morgan fingerprint density at radius 2 is 2.27 bits per heavy atom. The second kappa shape index (κ2) is 4.89. The molecule has 0 spiro atoms. The molecule has 0 aliphatic carbocycles. The Morgan fingerprint density at radius 1 is 1.53 bits per heavy atom. The van der Waals surface area contributed by atoms with Gasteiger partial charge in [0.25, 0.3) is 0 Å². The van der Waals surface area contributed by atoms with E-state index in [0.717, 1.165) is 0 Å². The summed E-state index contributed by atoms with van der Waals surface area (Å²) in [4.78, 5) is 15.8. The third-order valence-corrected chi connectivity index (χ3v) is 2.29. The first-order chi connectivity index (χ1) is 7.06. The van der Waals surface area contributed by atoms with E-state index in [2.05, 4.69) is 10.3 Å². The Balaban J connectivity index is 2.63. The number of rotatable bonds is 4. The maximum absolute atomic E-state index is 11.8. The van der Waals surface area contributed by atoms with Crippen molar-refractivity contribution in [3.05, 3.63) is 24.4 Å². The minimum absolute atomic E-state index is 0.0494. The van der Waals surface area contributed by atoms with E-state index < -0.39 is 5.41 Å². The highest BCUT2D eigenvalue weighted by atomic mass is 16.2. The predicted molar refractivity (Wildman–Crippen MR) is 60.3 cm³/mol. The third kappa shape index (κ3) is 3.32. The molecule has 1 aromatic heterocycles. The molecule has 0 saturated heterocycles. The SMILES string of the molecule is CC(C)(CCN)C(=O)Nc1ccccn1. The van der Waals surface area contributed by atoms with Crippen molar-refractivity contribution in [1.29, 1.82) is 0 Å². The highest BCUT2D eigenvalue weighted by Crippen LogP contribution is 2.21. The number of carbonyl (C=O) groups excluding carboxylic acids is 1. The molecule has 0 saturated carbocycles. The van der Waals surface area contributed by atoms with E-state index in [4.69, 9.17) is 5.73 Å². The molecule has 0 bridgehead atoms. The zero-order chi connectivity index (χ0) is 11.3. The number of nitrogens with two attached hydrogens (primary N) is 1. The molecule has 1 heterocycles. The first-order valence-corrected chi connectivity index (χ1v) is 4.99. The van der Waals surface area contributed by atoms with E-state index in [0.29, 0.717) is 18.8 Å². The summed E-state index contributed by atoms with van der Waals surface area (Å²) in [7, 11) is 0. The van der Waals surface area contributed by atoms with Crippen LogP contribution in [0.15, 0.2) is 24.4 Å². The zero-order valence-electron chi connectivity index (χ0n) is 9.16. The summed E-state index contributed by atoms with van der Waals surface area (Å²) in [6, 6.07) is 5.40. The van der Waals surface area contributed by atoms with Crippen LogP contribution < -0.4 is 11.1 Å². The fraction of sp³-hybridized carbons (Fsp3) is 0.455. The standard InChI is InChI=1S/C11H17N3O/c1-11(2,6-7-12)10(15)14-9-5-3-4-8-13-9/h3-5,8H,6-7,12H2,1-2H3,(H,13,14,15). The molecule has 4 nitrogen and oxygen atoms in total. The Hall–Kier alpha value is -1.42. The van der Waals surface area contributed by atoms with Crippen LogP contribution in [0, 0.1) is 5.41 Å². The Labute approximate surface area is 89.9 Å². The average molecular weight is 207 g/mol. The van der Waals surface area contributed by atoms with Crippen LogP contribution in [-0.4, -0.2) is 17.4 Å². The van der Waals surface area contributed by atoms with Crippen LogP contribution in [0.2, 0.25) is 0 Å². The van der Waals surface area contributed by atoms with Crippen LogP contribution in [-0.2, 0) is 4.79 Å². The third-order valence-electron chi connectivity index (χ3n) is 2.29. The van der Waals surface area contributed by atoms with Crippen molar-refractivity contribution in [3.63, 3.8) is 0 Å². The second-order valence-electron chi connectivity index (χ2n) is 4.09. The lowest BCUT2D eigenvalue weighted by Gasteiger charge is -2.22. The molecular formula is C11H17N3O. The number of carbonyl (C=O) groups is 1. The maximum Gasteiger partial charge on any atom is 0.231 e. The van der Waals surface area contributed by atoms with Crippen molar-refractivity contribution in [1.82, 2.24) is 4.98 Å². The fourth-order valence-corrected chi connectivity index (χ4v) is 1.20. The molecular weight excluding hydrogens is 190 g/mol. The molecule has 1 aromatic rings. The molecule has 0 aromatic carbocycles. The summed E-state index contributed by atoms with van der Waals surface area (Å²) in [5.74, 6) is 0.527. The first kappa shape index (κ1) is 11.7. The Kier molecular flexibility index (Phi) is 3.80. The van der Waals surface area contributed by atoms with Crippen molar-refractivity contribution in [2.75, 3.05) is 11.9 Å². The molecule has 0 atom stereocenters. The molecule has 3 N–H and O–H groups in total. The highest BCUT2D eigenvalue weighted by molar-refractivity contribution is 5.93. The summed E-state index contributed by atoms with van der Waals surface area (Å²) in [5.41, 5.74) is 5.00. The first-order valence-electron chi connectivity index (χ1n) is 4.99. The van der Waals surface area contributed by atoms with Crippen molar-refractivity contribution in [3.8, 4) is 0 Å². The molecule has 1 amide bonds. The van der Waals surface area contributed by atoms with Crippen LogP contribution in [0.1, 0.15) is 20.3 Å². The summed E-state index contributed by atoms with van der Waals surface area (Å²) in [6.07, 6.45) is 2.30. The number of pyridine rings is 1. The summed E-state index contributed by atoms with van der Waals surface area (Å²) in [6.45, 7) is 4.25. The van der Waals surface area contributed by atoms with Gasteiger partial charge in [0.2, 0.25) is 5.91 Å². The predicted octanol–water partition coefficient (Wildman–Crippen LogP) is 1.40. The number of hydrogen-bond donors (Lipinski definition) is 2. The van der Waals surface area contributed by atoms with Gasteiger partial charge in [-0.1, -0.05) is 19.9 Å². The average Bonchev–Trinajstić information content (AvgIpc) is 2.19. The largest absolute Gasteiger partial charge is 0.330 e. The van der Waals surface area contributed by atoms with Crippen LogP contribution in [0.25, 0.3) is 0 Å². The van der Waals surface area contributed by atoms with Gasteiger partial charge in [0.15, 0.2) is 0 Å². The number of anilines is 1. The summed E-state index contributed by atoms with van der Waals surface area (Å²) in [5, 5.41) is 2.76. The number of amides is 1. The van der Waals surface area contributed by atoms with E-state index in [1.54, 1.807) is 18.3 Å². The van der Waals surface area contributed by atoms with Gasteiger partial charge in [0, 0.05) is 11.6 Å². The number of nitrogens with one attached hydrogen (secondary N) is 1. The molecule has 4 heteroatoms. The van der Waals surface area contributed by atoms with Gasteiger partial charge in [-0.05, 0) is 25.1 Å². The van der Waals surface area contributed by atoms with Gasteiger partial charge in [-0.2, -0.15) is 0 Å². The van der Waals surface area contributed by atoms with E-state index in [1.807, 2.05) is 19.9 Å². The monoisotopic (exact) mass is 207 g/mol. The molecule has 15 heavy (non-hydrogen) atoms. The summed E-state index contributed by atoms with van der Waals surface area (Å²) >= 11 is 0. The van der Waals surface area contributed by atoms with Gasteiger partial charge in [0.05, 0.1) is 0 Å². The molecule has 0 aliphatic rings. The minimum Gasteiger partial charge on any atom is -0.330 e. The van der Waals surface area contributed by atoms with Gasteiger partial charge in [-0.15, -0.1) is 0 Å². The lowest BCUT2D eigenvalue weighted by atomic mass is 9.88. The number of aromatic nitrogens is 1. The Bertz CT molecular complexity index is 322. The van der Waals surface area contributed by atoms with Crippen LogP contribution in [0.4, 0.5) is 5.82 Å². The quantitative estimate of drug-likeness (QED) is 0.784. The van der Waals surface area contributed by atoms with E-state index in [1.165, 1.54) is 0 Å². The molecule has 0 fully saturated rings. The fourth-order valence-electron chi connectivity index (χ4n) is 1.20. The molecule has 0 radical (unpaired) electrons. The molecule has 1 rings (SSSR count). The zero-order valence-corrected chi connectivity index (χ0v) is 9.16. The van der Waals surface area contributed by atoms with Crippen LogP contribution >= 0.6 is 0 Å². The van der Waals surface area contributed by atoms with Crippen molar-refractivity contribution in [2.24, 2.45) is 11.1 Å². The van der Waals surface area contributed by atoms with Gasteiger partial charge < -0.3 is 11.1 Å². The lowest BCUT2D eigenvalue weighted by Crippen LogP contribution is -2.33. The number of hydrogen-bond acceptors (Lipinski definition) is 3. The van der Waals surface area contributed by atoms with Gasteiger partial charge in [-0.3, -0.25) is 4.79 Å². The van der Waals surface area contributed by atoms with Crippen LogP contribution in [0.5, 0.6) is 0 Å².